The molecule has 0 fully saturated rings. The Morgan fingerprint density at radius 2 is 1.43 bits per heavy atom. The molecule has 21 heavy (non-hydrogen) atoms. The SMILES string of the molecule is C.C=C(C)C(=O)CC(C)C.C=C(C)C(=O)OCCC(C)C. The van der Waals surface area contributed by atoms with Crippen LogP contribution in [0.25, 0.3) is 0 Å². The van der Waals surface area contributed by atoms with Crippen molar-refractivity contribution in [2.24, 2.45) is 11.8 Å². The van der Waals surface area contributed by atoms with E-state index in [1.165, 1.54) is 0 Å². The fraction of sp³-hybridized carbons (Fsp3) is 0.667. The lowest BCUT2D eigenvalue weighted by Gasteiger charge is -2.05. The van der Waals surface area contributed by atoms with Crippen molar-refractivity contribution in [3.05, 3.63) is 24.3 Å². The molecule has 0 amide bonds. The quantitative estimate of drug-likeness (QED) is 0.492. The van der Waals surface area contributed by atoms with E-state index in [-0.39, 0.29) is 19.2 Å². The smallest absolute Gasteiger partial charge is 0.333 e. The third-order valence-corrected chi connectivity index (χ3v) is 2.35. The summed E-state index contributed by atoms with van der Waals surface area (Å²) in [5.74, 6) is 0.928. The van der Waals surface area contributed by atoms with Crippen molar-refractivity contribution in [2.75, 3.05) is 6.61 Å². The molecule has 0 aromatic carbocycles. The van der Waals surface area contributed by atoms with Crippen molar-refractivity contribution in [2.45, 2.75) is 61.8 Å². The molecule has 0 saturated heterocycles. The van der Waals surface area contributed by atoms with Gasteiger partial charge in [-0.2, -0.15) is 0 Å². The molecule has 0 atom stereocenters. The van der Waals surface area contributed by atoms with Gasteiger partial charge in [-0.1, -0.05) is 48.3 Å². The van der Waals surface area contributed by atoms with E-state index in [0.29, 0.717) is 36.0 Å². The van der Waals surface area contributed by atoms with Gasteiger partial charge < -0.3 is 4.74 Å². The third-order valence-electron chi connectivity index (χ3n) is 2.35. The van der Waals surface area contributed by atoms with Gasteiger partial charge in [0.2, 0.25) is 0 Å². The second-order valence-electron chi connectivity index (χ2n) is 5.90. The number of hydrogen-bond acceptors (Lipinski definition) is 3. The van der Waals surface area contributed by atoms with E-state index < -0.39 is 0 Å². The molecule has 3 nitrogen and oxygen atoms in total. The molecular weight excluding hydrogens is 264 g/mol. The molecule has 0 spiro atoms. The molecule has 0 aliphatic heterocycles. The van der Waals surface area contributed by atoms with E-state index in [1.807, 2.05) is 13.8 Å². The summed E-state index contributed by atoms with van der Waals surface area (Å²) in [6.45, 7) is 19.2. The van der Waals surface area contributed by atoms with Crippen molar-refractivity contribution < 1.29 is 14.3 Å². The largest absolute Gasteiger partial charge is 0.462 e. The maximum absolute atomic E-state index is 10.9. The molecule has 0 radical (unpaired) electrons. The fourth-order valence-electron chi connectivity index (χ4n) is 1.06. The Bertz CT molecular complexity index is 338. The molecular formula is C18H34O3. The van der Waals surface area contributed by atoms with E-state index in [1.54, 1.807) is 13.8 Å². The van der Waals surface area contributed by atoms with Gasteiger partial charge in [-0.15, -0.1) is 0 Å². The number of ketones is 1. The van der Waals surface area contributed by atoms with Crippen LogP contribution in [-0.4, -0.2) is 18.4 Å². The Balaban J connectivity index is -0.000000300. The van der Waals surface area contributed by atoms with Crippen molar-refractivity contribution in [1.29, 1.82) is 0 Å². The number of esters is 1. The molecule has 0 rings (SSSR count). The highest BCUT2D eigenvalue weighted by Gasteiger charge is 2.04. The van der Waals surface area contributed by atoms with Crippen LogP contribution in [0.3, 0.4) is 0 Å². The zero-order chi connectivity index (χ0) is 16.3. The summed E-state index contributed by atoms with van der Waals surface area (Å²) in [6, 6.07) is 0. The van der Waals surface area contributed by atoms with E-state index in [0.717, 1.165) is 6.42 Å². The molecule has 0 aromatic heterocycles. The maximum atomic E-state index is 10.9. The zero-order valence-corrected chi connectivity index (χ0v) is 13.9. The molecule has 0 unspecified atom stereocenters. The molecule has 0 heterocycles. The molecule has 0 N–H and O–H groups in total. The minimum atomic E-state index is -0.286. The average Bonchev–Trinajstić information content (AvgIpc) is 2.27. The van der Waals surface area contributed by atoms with Crippen LogP contribution in [0.15, 0.2) is 24.3 Å². The summed E-state index contributed by atoms with van der Waals surface area (Å²) in [4.78, 5) is 21.7. The lowest BCUT2D eigenvalue weighted by Crippen LogP contribution is -2.07. The Kier molecular flexibility index (Phi) is 15.9. The molecule has 0 bridgehead atoms. The van der Waals surface area contributed by atoms with Crippen LogP contribution >= 0.6 is 0 Å². The first kappa shape index (κ1) is 24.6. The number of hydrogen-bond donors (Lipinski definition) is 0. The monoisotopic (exact) mass is 298 g/mol. The van der Waals surface area contributed by atoms with Gasteiger partial charge in [0.05, 0.1) is 6.61 Å². The molecule has 3 heteroatoms. The first-order chi connectivity index (χ1) is 9.07. The lowest BCUT2D eigenvalue weighted by molar-refractivity contribution is -0.139. The third kappa shape index (κ3) is 18.6. The first-order valence-corrected chi connectivity index (χ1v) is 7.09. The lowest BCUT2D eigenvalue weighted by atomic mass is 10.0. The number of Topliss-reactive ketones (excluding diaryl/α,β-unsaturated/α-hetero) is 1. The van der Waals surface area contributed by atoms with E-state index in [4.69, 9.17) is 4.74 Å². The molecule has 124 valence electrons. The van der Waals surface area contributed by atoms with Gasteiger partial charge in [-0.25, -0.2) is 4.79 Å². The number of carbonyl (C=O) groups excluding carboxylic acids is 2. The number of carbonyl (C=O) groups is 2. The number of allylic oxidation sites excluding steroid dienone is 1. The molecule has 0 aliphatic carbocycles. The first-order valence-electron chi connectivity index (χ1n) is 7.09. The fourth-order valence-corrected chi connectivity index (χ4v) is 1.06. The van der Waals surface area contributed by atoms with Crippen LogP contribution in [0.2, 0.25) is 0 Å². The van der Waals surface area contributed by atoms with Gasteiger partial charge in [-0.3, -0.25) is 4.79 Å². The summed E-state index contributed by atoms with van der Waals surface area (Å²) in [6.07, 6.45) is 1.55. The van der Waals surface area contributed by atoms with Crippen LogP contribution in [0.5, 0.6) is 0 Å². The maximum Gasteiger partial charge on any atom is 0.333 e. The van der Waals surface area contributed by atoms with Gasteiger partial charge in [0.1, 0.15) is 0 Å². The van der Waals surface area contributed by atoms with Crippen LogP contribution in [0.1, 0.15) is 61.8 Å². The Morgan fingerprint density at radius 3 is 1.67 bits per heavy atom. The van der Waals surface area contributed by atoms with Crippen molar-refractivity contribution >= 4 is 11.8 Å². The van der Waals surface area contributed by atoms with Crippen LogP contribution < -0.4 is 0 Å². The highest BCUT2D eigenvalue weighted by Crippen LogP contribution is 2.04. The van der Waals surface area contributed by atoms with Gasteiger partial charge >= 0.3 is 5.97 Å². The molecule has 0 saturated carbocycles. The van der Waals surface area contributed by atoms with Gasteiger partial charge in [0.25, 0.3) is 0 Å². The topological polar surface area (TPSA) is 43.4 Å². The average molecular weight is 298 g/mol. The van der Waals surface area contributed by atoms with Crippen LogP contribution in [-0.2, 0) is 14.3 Å². The Morgan fingerprint density at radius 1 is 0.952 bits per heavy atom. The minimum Gasteiger partial charge on any atom is -0.462 e. The normalized spacial score (nSPS) is 9.33. The minimum absolute atomic E-state index is 0. The highest BCUT2D eigenvalue weighted by atomic mass is 16.5. The predicted molar refractivity (Wildman–Crippen MR) is 91.2 cm³/mol. The van der Waals surface area contributed by atoms with Crippen molar-refractivity contribution in [1.82, 2.24) is 0 Å². The van der Waals surface area contributed by atoms with Gasteiger partial charge in [0.15, 0.2) is 5.78 Å². The van der Waals surface area contributed by atoms with E-state index in [9.17, 15) is 9.59 Å². The van der Waals surface area contributed by atoms with E-state index >= 15 is 0 Å². The van der Waals surface area contributed by atoms with Crippen molar-refractivity contribution in [3.63, 3.8) is 0 Å². The highest BCUT2D eigenvalue weighted by molar-refractivity contribution is 5.94. The van der Waals surface area contributed by atoms with E-state index in [2.05, 4.69) is 27.0 Å². The second kappa shape index (κ2) is 13.6. The zero-order valence-electron chi connectivity index (χ0n) is 13.9. The predicted octanol–water partition coefficient (Wildman–Crippen LogP) is 4.97. The van der Waals surface area contributed by atoms with Crippen molar-refractivity contribution in [3.8, 4) is 0 Å². The Labute approximate surface area is 131 Å². The van der Waals surface area contributed by atoms with Crippen LogP contribution in [0, 0.1) is 11.8 Å². The van der Waals surface area contributed by atoms with Gasteiger partial charge in [0, 0.05) is 12.0 Å². The summed E-state index contributed by atoms with van der Waals surface area (Å²) < 4.78 is 4.88. The summed E-state index contributed by atoms with van der Waals surface area (Å²) in [5, 5.41) is 0. The molecule has 0 aromatic rings. The molecule has 0 aliphatic rings. The summed E-state index contributed by atoms with van der Waals surface area (Å²) >= 11 is 0. The number of rotatable bonds is 7. The summed E-state index contributed by atoms with van der Waals surface area (Å²) in [5.41, 5.74) is 1.14. The van der Waals surface area contributed by atoms with Gasteiger partial charge in [-0.05, 0) is 37.7 Å². The number of ether oxygens (including phenoxy) is 1. The Hall–Kier alpha value is -1.38. The van der Waals surface area contributed by atoms with Crippen LogP contribution in [0.4, 0.5) is 0 Å². The summed E-state index contributed by atoms with van der Waals surface area (Å²) in [7, 11) is 0. The second-order valence-corrected chi connectivity index (χ2v) is 5.90. The standard InChI is InChI=1S/C9H16O2.C8H14O.CH4/c1-7(2)5-6-11-9(10)8(3)4;1-6(2)5-8(9)7(3)4;/h7H,3,5-6H2,1-2,4H3;6H,3,5H2,1-2,4H3;1H4.